The largest absolute Gasteiger partial charge is 0.338 e. The summed E-state index contributed by atoms with van der Waals surface area (Å²) in [7, 11) is 1.82. The predicted molar refractivity (Wildman–Crippen MR) is 97.9 cm³/mol. The van der Waals surface area contributed by atoms with Gasteiger partial charge in [0.25, 0.3) is 0 Å². The number of nitrogens with zero attached hydrogens (tertiary/aromatic N) is 2. The van der Waals surface area contributed by atoms with Gasteiger partial charge in [-0.25, -0.2) is 4.98 Å². The maximum atomic E-state index is 12.4. The van der Waals surface area contributed by atoms with Gasteiger partial charge in [-0.1, -0.05) is 36.4 Å². The lowest BCUT2D eigenvalue weighted by Crippen LogP contribution is -2.33. The molecular weight excluding hydrogens is 298 g/mol. The Morgan fingerprint density at radius 3 is 2.62 bits per heavy atom. The predicted octanol–water partition coefficient (Wildman–Crippen LogP) is 3.99. The van der Waals surface area contributed by atoms with Crippen LogP contribution in [0.5, 0.6) is 0 Å². The second kappa shape index (κ2) is 5.06. The van der Waals surface area contributed by atoms with E-state index in [0.717, 1.165) is 33.7 Å². The summed E-state index contributed by atoms with van der Waals surface area (Å²) in [4.78, 5) is 22.1. The quantitative estimate of drug-likeness (QED) is 0.777. The molecule has 1 aliphatic rings. The third-order valence-corrected chi connectivity index (χ3v) is 4.72. The van der Waals surface area contributed by atoms with Gasteiger partial charge in [0.1, 0.15) is 5.82 Å². The lowest BCUT2D eigenvalue weighted by molar-refractivity contribution is -0.121. The van der Waals surface area contributed by atoms with Gasteiger partial charge in [-0.05, 0) is 43.2 Å². The molecule has 0 saturated carbocycles. The molecule has 0 atom stereocenters. The molecule has 0 spiro atoms. The summed E-state index contributed by atoms with van der Waals surface area (Å²) in [6.45, 7) is 3.94. The van der Waals surface area contributed by atoms with Crippen LogP contribution in [0, 0.1) is 0 Å². The van der Waals surface area contributed by atoms with Crippen LogP contribution in [-0.2, 0) is 10.2 Å². The molecule has 0 aliphatic carbocycles. The second-order valence-electron chi connectivity index (χ2n) is 6.74. The molecule has 2 aromatic carbocycles. The minimum atomic E-state index is -0.497. The molecular formula is C20H19N3O. The Morgan fingerprint density at radius 2 is 1.88 bits per heavy atom. The van der Waals surface area contributed by atoms with Gasteiger partial charge in [0.15, 0.2) is 0 Å². The first-order valence-electron chi connectivity index (χ1n) is 8.02. The average molecular weight is 317 g/mol. The molecule has 1 aliphatic heterocycles. The maximum Gasteiger partial charge on any atom is 0.236 e. The van der Waals surface area contributed by atoms with E-state index in [4.69, 9.17) is 0 Å². The standard InChI is InChI=1S/C20H19N3O/c1-20(2)14-11-15-16(12-17(14)23(3)19(20)24)22-18(21-15)10-9-13-7-5-4-6-8-13/h4-12H,1-3H3,(H,21,22). The van der Waals surface area contributed by atoms with E-state index in [-0.39, 0.29) is 5.91 Å². The molecule has 4 nitrogen and oxygen atoms in total. The highest BCUT2D eigenvalue weighted by molar-refractivity contribution is 6.09. The molecule has 0 radical (unpaired) electrons. The molecule has 0 bridgehead atoms. The summed E-state index contributed by atoms with van der Waals surface area (Å²) in [6, 6.07) is 14.2. The zero-order valence-corrected chi connectivity index (χ0v) is 14.0. The van der Waals surface area contributed by atoms with Gasteiger partial charge in [-0.15, -0.1) is 0 Å². The number of H-pyrrole nitrogens is 1. The lowest BCUT2D eigenvalue weighted by Gasteiger charge is -2.16. The fourth-order valence-corrected chi connectivity index (χ4v) is 3.31. The monoisotopic (exact) mass is 317 g/mol. The molecule has 0 unspecified atom stereocenters. The second-order valence-corrected chi connectivity index (χ2v) is 6.74. The SMILES string of the molecule is CN1C(=O)C(C)(C)c2cc3[nH]c(C=Cc4ccccc4)nc3cc21. The summed E-state index contributed by atoms with van der Waals surface area (Å²) in [5.74, 6) is 0.929. The first-order chi connectivity index (χ1) is 11.5. The number of likely N-dealkylation sites (N-methyl/N-ethyl adjacent to an activating group) is 1. The molecule has 1 aromatic heterocycles. The van der Waals surface area contributed by atoms with Crippen molar-refractivity contribution in [3.63, 3.8) is 0 Å². The minimum Gasteiger partial charge on any atom is -0.338 e. The number of hydrogen-bond acceptors (Lipinski definition) is 2. The van der Waals surface area contributed by atoms with E-state index in [2.05, 4.69) is 28.2 Å². The maximum absolute atomic E-state index is 12.4. The van der Waals surface area contributed by atoms with E-state index < -0.39 is 5.41 Å². The summed E-state index contributed by atoms with van der Waals surface area (Å²) in [6.07, 6.45) is 4.01. The molecule has 4 rings (SSSR count). The topological polar surface area (TPSA) is 49.0 Å². The van der Waals surface area contributed by atoms with E-state index in [9.17, 15) is 4.79 Å². The third kappa shape index (κ3) is 2.14. The average Bonchev–Trinajstić information content (AvgIpc) is 3.06. The Balaban J connectivity index is 1.76. The van der Waals surface area contributed by atoms with Gasteiger partial charge in [0.05, 0.1) is 16.4 Å². The summed E-state index contributed by atoms with van der Waals surface area (Å²) in [5, 5.41) is 0. The van der Waals surface area contributed by atoms with E-state index in [1.165, 1.54) is 0 Å². The van der Waals surface area contributed by atoms with Crippen molar-refractivity contribution >= 4 is 34.8 Å². The normalized spacial score (nSPS) is 16.3. The van der Waals surface area contributed by atoms with Crippen LogP contribution in [0.2, 0.25) is 0 Å². The first-order valence-corrected chi connectivity index (χ1v) is 8.02. The van der Waals surface area contributed by atoms with E-state index in [0.29, 0.717) is 0 Å². The fourth-order valence-electron chi connectivity index (χ4n) is 3.31. The third-order valence-electron chi connectivity index (χ3n) is 4.72. The van der Waals surface area contributed by atoms with E-state index in [1.54, 1.807) is 4.90 Å². The number of anilines is 1. The van der Waals surface area contributed by atoms with Crippen LogP contribution < -0.4 is 4.90 Å². The molecule has 1 N–H and O–H groups in total. The molecule has 0 fully saturated rings. The zero-order valence-electron chi connectivity index (χ0n) is 14.0. The van der Waals surface area contributed by atoms with Gasteiger partial charge >= 0.3 is 0 Å². The number of nitrogens with one attached hydrogen (secondary N) is 1. The van der Waals surface area contributed by atoms with E-state index >= 15 is 0 Å². The molecule has 0 saturated heterocycles. The number of imidazole rings is 1. The molecule has 120 valence electrons. The number of aromatic nitrogens is 2. The highest BCUT2D eigenvalue weighted by Gasteiger charge is 2.42. The summed E-state index contributed by atoms with van der Waals surface area (Å²) >= 11 is 0. The number of rotatable bonds is 2. The van der Waals surface area contributed by atoms with Crippen LogP contribution in [0.1, 0.15) is 30.8 Å². The van der Waals surface area contributed by atoms with Gasteiger partial charge in [0, 0.05) is 12.7 Å². The smallest absolute Gasteiger partial charge is 0.236 e. The Bertz CT molecular complexity index is 967. The van der Waals surface area contributed by atoms with Crippen molar-refractivity contribution < 1.29 is 4.79 Å². The van der Waals surface area contributed by atoms with Crippen molar-refractivity contribution in [3.05, 3.63) is 59.4 Å². The van der Waals surface area contributed by atoms with E-state index in [1.807, 2.05) is 57.3 Å². The minimum absolute atomic E-state index is 0.120. The number of aromatic amines is 1. The van der Waals surface area contributed by atoms with Crippen LogP contribution in [0.15, 0.2) is 42.5 Å². The van der Waals surface area contributed by atoms with Crippen molar-refractivity contribution in [2.75, 3.05) is 11.9 Å². The summed E-state index contributed by atoms with van der Waals surface area (Å²) < 4.78 is 0. The Kier molecular flexibility index (Phi) is 3.10. The Hall–Kier alpha value is -2.88. The zero-order chi connectivity index (χ0) is 16.9. The number of carbonyl (C=O) groups is 1. The van der Waals surface area contributed by atoms with Crippen molar-refractivity contribution in [1.29, 1.82) is 0 Å². The van der Waals surface area contributed by atoms with Crippen LogP contribution in [0.25, 0.3) is 23.2 Å². The Morgan fingerprint density at radius 1 is 1.12 bits per heavy atom. The fraction of sp³-hybridized carbons (Fsp3) is 0.200. The van der Waals surface area contributed by atoms with Crippen molar-refractivity contribution in [1.82, 2.24) is 9.97 Å². The number of amides is 1. The van der Waals surface area contributed by atoms with Crippen molar-refractivity contribution in [2.24, 2.45) is 0 Å². The van der Waals surface area contributed by atoms with Gasteiger partial charge in [-0.2, -0.15) is 0 Å². The molecule has 2 heterocycles. The molecule has 24 heavy (non-hydrogen) atoms. The first kappa shape index (κ1) is 14.7. The highest BCUT2D eigenvalue weighted by Crippen LogP contribution is 2.42. The van der Waals surface area contributed by atoms with Gasteiger partial charge in [0.2, 0.25) is 5.91 Å². The van der Waals surface area contributed by atoms with Crippen molar-refractivity contribution in [3.8, 4) is 0 Å². The molecule has 1 amide bonds. The number of hydrogen-bond donors (Lipinski definition) is 1. The molecule has 3 aromatic rings. The number of carbonyl (C=O) groups excluding carboxylic acids is 1. The van der Waals surface area contributed by atoms with Crippen molar-refractivity contribution in [2.45, 2.75) is 19.3 Å². The highest BCUT2D eigenvalue weighted by atomic mass is 16.2. The number of benzene rings is 2. The molecule has 4 heteroatoms. The number of fused-ring (bicyclic) bond motifs is 2. The van der Waals surface area contributed by atoms with Crippen LogP contribution in [0.4, 0.5) is 5.69 Å². The van der Waals surface area contributed by atoms with Gasteiger partial charge < -0.3 is 9.88 Å². The lowest BCUT2D eigenvalue weighted by atomic mass is 9.86. The van der Waals surface area contributed by atoms with Crippen LogP contribution >= 0.6 is 0 Å². The Labute approximate surface area is 140 Å². The summed E-state index contributed by atoms with van der Waals surface area (Å²) in [5.41, 5.74) is 4.46. The van der Waals surface area contributed by atoms with Gasteiger partial charge in [-0.3, -0.25) is 4.79 Å². The van der Waals surface area contributed by atoms with Crippen LogP contribution in [0.3, 0.4) is 0 Å². The van der Waals surface area contributed by atoms with Crippen LogP contribution in [-0.4, -0.2) is 22.9 Å².